The topological polar surface area (TPSA) is 81.0 Å². The van der Waals surface area contributed by atoms with Crippen molar-refractivity contribution in [1.82, 2.24) is 4.90 Å². The smallest absolute Gasteiger partial charge is 0.410 e. The highest BCUT2D eigenvalue weighted by atomic mass is 16.7. The Kier molecular flexibility index (Phi) is 4.15. The van der Waals surface area contributed by atoms with Crippen molar-refractivity contribution >= 4 is 6.09 Å². The van der Waals surface area contributed by atoms with Crippen molar-refractivity contribution in [2.75, 3.05) is 27.4 Å². The van der Waals surface area contributed by atoms with Crippen LogP contribution in [0.25, 0.3) is 0 Å². The number of ether oxygens (including phenoxy) is 4. The van der Waals surface area contributed by atoms with Crippen LogP contribution in [-0.2, 0) is 18.9 Å². The summed E-state index contributed by atoms with van der Waals surface area (Å²) in [7, 11) is 3.00. The summed E-state index contributed by atoms with van der Waals surface area (Å²) in [6.45, 7) is 5.81. The van der Waals surface area contributed by atoms with Gasteiger partial charge in [-0.1, -0.05) is 0 Å². The number of hydrogen-bond donors (Lipinski definition) is 0. The lowest BCUT2D eigenvalue weighted by Gasteiger charge is -2.36. The largest absolute Gasteiger partial charge is 0.444 e. The lowest BCUT2D eigenvalue weighted by molar-refractivity contribution is -0.224. The van der Waals surface area contributed by atoms with Crippen LogP contribution in [0, 0.1) is 17.2 Å². The monoisotopic (exact) mass is 298 g/mol. The molecule has 2 fully saturated rings. The van der Waals surface area contributed by atoms with Crippen molar-refractivity contribution in [1.29, 1.82) is 5.26 Å². The molecule has 7 nitrogen and oxygen atoms in total. The SMILES string of the molecule is COC1(OC)CO[C@@H]2[C@H](C#N)CN(C(=O)OC(C)(C)C)[C@@H]21. The van der Waals surface area contributed by atoms with Crippen LogP contribution in [0.15, 0.2) is 0 Å². The van der Waals surface area contributed by atoms with Crippen LogP contribution in [0.1, 0.15) is 20.8 Å². The quantitative estimate of drug-likeness (QED) is 0.711. The molecule has 0 aromatic carbocycles. The molecule has 118 valence electrons. The van der Waals surface area contributed by atoms with Gasteiger partial charge in [-0.2, -0.15) is 5.26 Å². The number of hydrogen-bond acceptors (Lipinski definition) is 6. The molecule has 21 heavy (non-hydrogen) atoms. The van der Waals surface area contributed by atoms with Crippen molar-refractivity contribution < 1.29 is 23.7 Å². The molecule has 1 amide bonds. The van der Waals surface area contributed by atoms with Gasteiger partial charge in [0.25, 0.3) is 0 Å². The molecule has 0 saturated carbocycles. The summed E-state index contributed by atoms with van der Waals surface area (Å²) in [5.74, 6) is -1.48. The lowest BCUT2D eigenvalue weighted by atomic mass is 10.00. The molecular formula is C14H22N2O5. The van der Waals surface area contributed by atoms with Crippen molar-refractivity contribution in [2.45, 2.75) is 44.3 Å². The number of amides is 1. The molecule has 0 spiro atoms. The molecule has 2 aliphatic rings. The summed E-state index contributed by atoms with van der Waals surface area (Å²) in [4.78, 5) is 13.9. The van der Waals surface area contributed by atoms with Gasteiger partial charge in [0.05, 0.1) is 12.0 Å². The van der Waals surface area contributed by atoms with E-state index in [0.717, 1.165) is 0 Å². The molecule has 2 rings (SSSR count). The standard InChI is InChI=1S/C14H22N2O5/c1-13(2,3)21-12(17)16-7-9(6-15)10-11(16)14(18-4,19-5)8-20-10/h9-11H,7-8H2,1-5H3/t9-,10-,11+/m1/s1. The van der Waals surface area contributed by atoms with E-state index in [4.69, 9.17) is 18.9 Å². The molecule has 0 N–H and O–H groups in total. The number of nitrogens with zero attached hydrogens (tertiary/aromatic N) is 2. The number of methoxy groups -OCH3 is 2. The van der Waals surface area contributed by atoms with Crippen LogP contribution < -0.4 is 0 Å². The Morgan fingerprint density at radius 3 is 2.48 bits per heavy atom. The van der Waals surface area contributed by atoms with E-state index >= 15 is 0 Å². The highest BCUT2D eigenvalue weighted by Crippen LogP contribution is 2.41. The van der Waals surface area contributed by atoms with Crippen molar-refractivity contribution in [3.63, 3.8) is 0 Å². The average molecular weight is 298 g/mol. The minimum Gasteiger partial charge on any atom is -0.444 e. The van der Waals surface area contributed by atoms with Gasteiger partial charge in [0.15, 0.2) is 0 Å². The Labute approximate surface area is 124 Å². The fourth-order valence-corrected chi connectivity index (χ4v) is 2.89. The highest BCUT2D eigenvalue weighted by Gasteiger charge is 2.62. The number of nitriles is 1. The third kappa shape index (κ3) is 2.71. The van der Waals surface area contributed by atoms with E-state index in [0.29, 0.717) is 0 Å². The molecule has 0 aliphatic carbocycles. The van der Waals surface area contributed by atoms with Crippen LogP contribution in [0.4, 0.5) is 4.79 Å². The fraction of sp³-hybridized carbons (Fsp3) is 0.857. The van der Waals surface area contributed by atoms with Crippen molar-refractivity contribution in [3.8, 4) is 6.07 Å². The summed E-state index contributed by atoms with van der Waals surface area (Å²) in [5.41, 5.74) is -0.612. The van der Waals surface area contributed by atoms with Gasteiger partial charge < -0.3 is 18.9 Å². The van der Waals surface area contributed by atoms with E-state index in [9.17, 15) is 10.1 Å². The molecule has 0 aromatic heterocycles. The Hall–Kier alpha value is -1.36. The predicted molar refractivity (Wildman–Crippen MR) is 72.3 cm³/mol. The average Bonchev–Trinajstić information content (AvgIpc) is 2.94. The molecule has 2 heterocycles. The summed E-state index contributed by atoms with van der Waals surface area (Å²) in [6, 6.07) is 1.69. The first-order chi connectivity index (χ1) is 9.78. The maximum absolute atomic E-state index is 12.4. The Morgan fingerprint density at radius 2 is 2.00 bits per heavy atom. The maximum Gasteiger partial charge on any atom is 0.410 e. The lowest BCUT2D eigenvalue weighted by Crippen LogP contribution is -2.55. The van der Waals surface area contributed by atoms with Crippen LogP contribution >= 0.6 is 0 Å². The van der Waals surface area contributed by atoms with Gasteiger partial charge in [0, 0.05) is 20.8 Å². The van der Waals surface area contributed by atoms with Gasteiger partial charge in [0.1, 0.15) is 24.4 Å². The molecule has 0 unspecified atom stereocenters. The van der Waals surface area contributed by atoms with E-state index in [2.05, 4.69) is 6.07 Å². The van der Waals surface area contributed by atoms with Crippen LogP contribution in [0.3, 0.4) is 0 Å². The van der Waals surface area contributed by atoms with E-state index < -0.39 is 35.5 Å². The van der Waals surface area contributed by atoms with Crippen LogP contribution in [0.5, 0.6) is 0 Å². The molecule has 3 atom stereocenters. The van der Waals surface area contributed by atoms with E-state index in [1.54, 1.807) is 20.8 Å². The maximum atomic E-state index is 12.4. The predicted octanol–water partition coefficient (Wildman–Crippen LogP) is 1.13. The fourth-order valence-electron chi connectivity index (χ4n) is 2.89. The third-order valence-electron chi connectivity index (χ3n) is 3.85. The minimum atomic E-state index is -1.06. The molecule has 2 aliphatic heterocycles. The highest BCUT2D eigenvalue weighted by molar-refractivity contribution is 5.69. The molecule has 7 heteroatoms. The zero-order chi connectivity index (χ0) is 15.8. The molecule has 0 radical (unpaired) electrons. The van der Waals surface area contributed by atoms with Gasteiger partial charge >= 0.3 is 6.09 Å². The molecular weight excluding hydrogens is 276 g/mol. The number of carbonyl (C=O) groups excluding carboxylic acids is 1. The number of fused-ring (bicyclic) bond motifs is 1. The van der Waals surface area contributed by atoms with E-state index in [1.807, 2.05) is 0 Å². The summed E-state index contributed by atoms with van der Waals surface area (Å²) >= 11 is 0. The number of likely N-dealkylation sites (tertiary alicyclic amines) is 1. The summed E-state index contributed by atoms with van der Waals surface area (Å²) < 4.78 is 22.0. The van der Waals surface area contributed by atoms with Gasteiger partial charge in [-0.15, -0.1) is 0 Å². The summed E-state index contributed by atoms with van der Waals surface area (Å²) in [5, 5.41) is 9.27. The second-order valence-corrected chi connectivity index (χ2v) is 6.31. The number of rotatable bonds is 2. The van der Waals surface area contributed by atoms with Crippen molar-refractivity contribution in [2.24, 2.45) is 5.92 Å². The first-order valence-corrected chi connectivity index (χ1v) is 6.89. The van der Waals surface area contributed by atoms with Crippen molar-refractivity contribution in [3.05, 3.63) is 0 Å². The van der Waals surface area contributed by atoms with Crippen LogP contribution in [-0.4, -0.2) is 61.9 Å². The van der Waals surface area contributed by atoms with E-state index in [-0.39, 0.29) is 13.2 Å². The summed E-state index contributed by atoms with van der Waals surface area (Å²) in [6.07, 6.45) is -0.915. The molecule has 2 saturated heterocycles. The second-order valence-electron chi connectivity index (χ2n) is 6.31. The van der Waals surface area contributed by atoms with Crippen LogP contribution in [0.2, 0.25) is 0 Å². The van der Waals surface area contributed by atoms with Gasteiger partial charge in [-0.25, -0.2) is 4.79 Å². The minimum absolute atomic E-state index is 0.173. The zero-order valence-electron chi connectivity index (χ0n) is 13.1. The van der Waals surface area contributed by atoms with Gasteiger partial charge in [-0.3, -0.25) is 4.90 Å². The number of carbonyl (C=O) groups is 1. The normalized spacial score (nSPS) is 30.9. The first kappa shape index (κ1) is 16.0. The van der Waals surface area contributed by atoms with Gasteiger partial charge in [0.2, 0.25) is 5.79 Å². The molecule has 0 aromatic rings. The third-order valence-corrected chi connectivity index (χ3v) is 3.85. The Morgan fingerprint density at radius 1 is 1.38 bits per heavy atom. The zero-order valence-corrected chi connectivity index (χ0v) is 13.1. The first-order valence-electron chi connectivity index (χ1n) is 6.89. The second kappa shape index (κ2) is 5.44. The Balaban J connectivity index is 2.29. The Bertz CT molecular complexity index is 449. The molecule has 0 bridgehead atoms. The van der Waals surface area contributed by atoms with E-state index in [1.165, 1.54) is 19.1 Å². The van der Waals surface area contributed by atoms with Gasteiger partial charge in [-0.05, 0) is 20.8 Å².